The maximum absolute atomic E-state index is 12.2. The van der Waals surface area contributed by atoms with Gasteiger partial charge < -0.3 is 20.4 Å². The van der Waals surface area contributed by atoms with Crippen molar-refractivity contribution in [3.8, 4) is 0 Å². The van der Waals surface area contributed by atoms with Crippen molar-refractivity contribution in [1.29, 1.82) is 0 Å². The number of benzene rings is 2. The van der Waals surface area contributed by atoms with Crippen LogP contribution in [0.5, 0.6) is 0 Å². The number of urea groups is 1. The van der Waals surface area contributed by atoms with Crippen LogP contribution in [0.3, 0.4) is 0 Å². The standard InChI is InChI=1S/C22H26N4O2/c1-16(15-25-13-4-7-21(25)27)23-22(28)24-18-8-10-19(11-9-18)26-14-12-17-5-2-3-6-20(17)26/h2-3,5-6,8-11,16H,4,7,12-15H2,1H3,(H2,23,24,28). The van der Waals surface area contributed by atoms with Crippen molar-refractivity contribution in [2.75, 3.05) is 29.9 Å². The number of para-hydroxylation sites is 1. The lowest BCUT2D eigenvalue weighted by Gasteiger charge is -2.22. The Bertz CT molecular complexity index is 865. The fourth-order valence-corrected chi connectivity index (χ4v) is 4.00. The maximum Gasteiger partial charge on any atom is 0.319 e. The minimum atomic E-state index is -0.251. The van der Waals surface area contributed by atoms with E-state index >= 15 is 0 Å². The van der Waals surface area contributed by atoms with Crippen molar-refractivity contribution in [3.05, 3.63) is 54.1 Å². The maximum atomic E-state index is 12.2. The topological polar surface area (TPSA) is 64.7 Å². The van der Waals surface area contributed by atoms with Gasteiger partial charge in [0.15, 0.2) is 0 Å². The third-order valence-electron chi connectivity index (χ3n) is 5.37. The predicted molar refractivity (Wildman–Crippen MR) is 111 cm³/mol. The molecule has 2 aromatic rings. The molecule has 0 aromatic heterocycles. The van der Waals surface area contributed by atoms with Gasteiger partial charge in [-0.3, -0.25) is 4.79 Å². The Morgan fingerprint density at radius 3 is 2.61 bits per heavy atom. The van der Waals surface area contributed by atoms with Gasteiger partial charge in [0.2, 0.25) is 5.91 Å². The summed E-state index contributed by atoms with van der Waals surface area (Å²) in [6.07, 6.45) is 2.58. The number of carbonyl (C=O) groups is 2. The molecule has 0 spiro atoms. The van der Waals surface area contributed by atoms with Crippen LogP contribution < -0.4 is 15.5 Å². The summed E-state index contributed by atoms with van der Waals surface area (Å²) in [7, 11) is 0. The van der Waals surface area contributed by atoms with E-state index in [0.29, 0.717) is 13.0 Å². The second kappa shape index (κ2) is 7.92. The van der Waals surface area contributed by atoms with E-state index in [2.05, 4.69) is 39.8 Å². The Labute approximate surface area is 165 Å². The molecule has 0 bridgehead atoms. The van der Waals surface area contributed by atoms with E-state index in [0.717, 1.165) is 37.3 Å². The van der Waals surface area contributed by atoms with Crippen LogP contribution in [0.1, 0.15) is 25.3 Å². The minimum Gasteiger partial charge on any atom is -0.341 e. The van der Waals surface area contributed by atoms with Gasteiger partial charge in [0, 0.05) is 49.2 Å². The predicted octanol–water partition coefficient (Wildman–Crippen LogP) is 3.51. The quantitative estimate of drug-likeness (QED) is 0.837. The van der Waals surface area contributed by atoms with Gasteiger partial charge in [0.05, 0.1) is 0 Å². The summed E-state index contributed by atoms with van der Waals surface area (Å²) in [5.41, 5.74) is 4.50. The smallest absolute Gasteiger partial charge is 0.319 e. The molecular weight excluding hydrogens is 352 g/mol. The van der Waals surface area contributed by atoms with Gasteiger partial charge in [-0.15, -0.1) is 0 Å². The monoisotopic (exact) mass is 378 g/mol. The lowest BCUT2D eigenvalue weighted by molar-refractivity contribution is -0.127. The van der Waals surface area contributed by atoms with E-state index in [1.165, 1.54) is 11.3 Å². The van der Waals surface area contributed by atoms with E-state index < -0.39 is 0 Å². The van der Waals surface area contributed by atoms with Crippen molar-refractivity contribution >= 4 is 29.0 Å². The molecule has 6 heteroatoms. The van der Waals surface area contributed by atoms with Gasteiger partial charge in [0.1, 0.15) is 0 Å². The number of anilines is 3. The van der Waals surface area contributed by atoms with Gasteiger partial charge in [-0.1, -0.05) is 18.2 Å². The zero-order valence-electron chi connectivity index (χ0n) is 16.1. The summed E-state index contributed by atoms with van der Waals surface area (Å²) in [6.45, 7) is 4.23. The lowest BCUT2D eigenvalue weighted by atomic mass is 10.2. The van der Waals surface area contributed by atoms with Gasteiger partial charge in [-0.05, 0) is 55.7 Å². The summed E-state index contributed by atoms with van der Waals surface area (Å²) in [4.78, 5) is 28.1. The average molecular weight is 378 g/mol. The molecule has 1 fully saturated rings. The number of fused-ring (bicyclic) bond motifs is 1. The molecule has 1 unspecified atom stereocenters. The first-order valence-electron chi connectivity index (χ1n) is 9.91. The first kappa shape index (κ1) is 18.3. The molecule has 2 aromatic carbocycles. The van der Waals surface area contributed by atoms with Crippen LogP contribution in [-0.2, 0) is 11.2 Å². The van der Waals surface area contributed by atoms with E-state index in [-0.39, 0.29) is 18.0 Å². The SMILES string of the molecule is CC(CN1CCCC1=O)NC(=O)Nc1ccc(N2CCc3ccccc32)cc1. The van der Waals surface area contributed by atoms with E-state index in [9.17, 15) is 9.59 Å². The van der Waals surface area contributed by atoms with Crippen LogP contribution in [0.15, 0.2) is 48.5 Å². The Balaban J connectivity index is 1.32. The molecule has 2 aliphatic rings. The van der Waals surface area contributed by atoms with E-state index in [1.807, 2.05) is 36.1 Å². The number of hydrogen-bond donors (Lipinski definition) is 2. The van der Waals surface area contributed by atoms with Crippen molar-refractivity contribution in [2.24, 2.45) is 0 Å². The number of nitrogens with zero attached hydrogens (tertiary/aromatic N) is 2. The second-order valence-corrected chi connectivity index (χ2v) is 7.52. The highest BCUT2D eigenvalue weighted by atomic mass is 16.2. The summed E-state index contributed by atoms with van der Waals surface area (Å²) in [6, 6.07) is 16.0. The fraction of sp³-hybridized carbons (Fsp3) is 0.364. The molecule has 146 valence electrons. The molecule has 0 saturated carbocycles. The molecule has 1 saturated heterocycles. The first-order chi connectivity index (χ1) is 13.6. The van der Waals surface area contributed by atoms with Crippen LogP contribution in [0.25, 0.3) is 0 Å². The highest BCUT2D eigenvalue weighted by Crippen LogP contribution is 2.34. The van der Waals surface area contributed by atoms with Crippen LogP contribution in [0.2, 0.25) is 0 Å². The van der Waals surface area contributed by atoms with Crippen LogP contribution in [-0.4, -0.2) is 42.5 Å². The third kappa shape index (κ3) is 3.96. The zero-order chi connectivity index (χ0) is 19.5. The number of rotatable bonds is 5. The summed E-state index contributed by atoms with van der Waals surface area (Å²) < 4.78 is 0. The number of nitrogens with one attached hydrogen (secondary N) is 2. The van der Waals surface area contributed by atoms with Crippen molar-refractivity contribution < 1.29 is 9.59 Å². The highest BCUT2D eigenvalue weighted by molar-refractivity contribution is 5.90. The van der Waals surface area contributed by atoms with E-state index in [1.54, 1.807) is 0 Å². The van der Waals surface area contributed by atoms with Gasteiger partial charge in [-0.25, -0.2) is 4.79 Å². The Kier molecular flexibility index (Phi) is 5.19. The fourth-order valence-electron chi connectivity index (χ4n) is 4.00. The van der Waals surface area contributed by atoms with Crippen LogP contribution >= 0.6 is 0 Å². The lowest BCUT2D eigenvalue weighted by Crippen LogP contribution is -2.44. The Hall–Kier alpha value is -3.02. The first-order valence-corrected chi connectivity index (χ1v) is 9.91. The van der Waals surface area contributed by atoms with Crippen LogP contribution in [0.4, 0.5) is 21.9 Å². The van der Waals surface area contributed by atoms with E-state index in [4.69, 9.17) is 0 Å². The number of amides is 3. The molecule has 4 rings (SSSR count). The summed E-state index contributed by atoms with van der Waals surface area (Å²) >= 11 is 0. The molecule has 0 aliphatic carbocycles. The molecule has 6 nitrogen and oxygen atoms in total. The minimum absolute atomic E-state index is 0.0950. The number of likely N-dealkylation sites (tertiary alicyclic amines) is 1. The summed E-state index contributed by atoms with van der Waals surface area (Å²) in [5, 5.41) is 5.78. The van der Waals surface area contributed by atoms with Gasteiger partial charge in [0.25, 0.3) is 0 Å². The van der Waals surface area contributed by atoms with Crippen molar-refractivity contribution in [2.45, 2.75) is 32.2 Å². The highest BCUT2D eigenvalue weighted by Gasteiger charge is 2.22. The summed E-state index contributed by atoms with van der Waals surface area (Å²) in [5.74, 6) is 0.174. The Morgan fingerprint density at radius 2 is 1.86 bits per heavy atom. The normalized spacial score (nSPS) is 16.8. The van der Waals surface area contributed by atoms with Gasteiger partial charge >= 0.3 is 6.03 Å². The molecule has 2 N–H and O–H groups in total. The number of carbonyl (C=O) groups excluding carboxylic acids is 2. The van der Waals surface area contributed by atoms with Crippen molar-refractivity contribution in [3.63, 3.8) is 0 Å². The molecule has 3 amide bonds. The molecular formula is C22H26N4O2. The third-order valence-corrected chi connectivity index (χ3v) is 5.37. The molecule has 2 heterocycles. The second-order valence-electron chi connectivity index (χ2n) is 7.52. The molecule has 1 atom stereocenters. The van der Waals surface area contributed by atoms with Gasteiger partial charge in [-0.2, -0.15) is 0 Å². The zero-order valence-corrected chi connectivity index (χ0v) is 16.1. The number of hydrogen-bond acceptors (Lipinski definition) is 3. The Morgan fingerprint density at radius 1 is 1.07 bits per heavy atom. The molecule has 0 radical (unpaired) electrons. The van der Waals surface area contributed by atoms with Crippen LogP contribution in [0, 0.1) is 0 Å². The average Bonchev–Trinajstić information content (AvgIpc) is 3.29. The largest absolute Gasteiger partial charge is 0.341 e. The molecule has 28 heavy (non-hydrogen) atoms. The molecule has 2 aliphatic heterocycles. The van der Waals surface area contributed by atoms with Crippen molar-refractivity contribution in [1.82, 2.24) is 10.2 Å².